The van der Waals surface area contributed by atoms with Gasteiger partial charge in [-0.25, -0.2) is 0 Å². The van der Waals surface area contributed by atoms with Crippen LogP contribution < -0.4 is 20.9 Å². The molecule has 0 spiro atoms. The van der Waals surface area contributed by atoms with E-state index in [1.165, 1.54) is 76.1 Å². The van der Waals surface area contributed by atoms with E-state index in [0.717, 1.165) is 6.42 Å². The molecule has 0 saturated heterocycles. The second-order valence-corrected chi connectivity index (χ2v) is 14.0. The molecule has 4 heterocycles. The van der Waals surface area contributed by atoms with Crippen molar-refractivity contribution in [2.24, 2.45) is 5.41 Å². The Balaban J connectivity index is 1.37. The molecule has 0 radical (unpaired) electrons. The number of hydrogen-bond acceptors (Lipinski definition) is 2. The second-order valence-electron chi connectivity index (χ2n) is 14.0. The molecule has 1 fully saturated rings. The van der Waals surface area contributed by atoms with Gasteiger partial charge in [-0.2, -0.15) is 0 Å². The first-order valence-electron chi connectivity index (χ1n) is 16.5. The number of nitrogens with zero attached hydrogens (tertiary/aromatic N) is 3. The van der Waals surface area contributed by atoms with Crippen molar-refractivity contribution in [1.29, 1.82) is 0 Å². The molecule has 4 aromatic carbocycles. The number of anilines is 4. The minimum Gasteiger partial charge on any atom is -0.339 e. The Bertz CT molecular complexity index is 2060. The first kappa shape index (κ1) is 24.9. The van der Waals surface area contributed by atoms with Crippen LogP contribution in [0.1, 0.15) is 46.0 Å². The third-order valence-electron chi connectivity index (χ3n) is 12.1. The van der Waals surface area contributed by atoms with Gasteiger partial charge in [0.1, 0.15) is 0 Å². The predicted molar refractivity (Wildman–Crippen MR) is 185 cm³/mol. The summed E-state index contributed by atoms with van der Waals surface area (Å²) in [6.45, 7) is 5.42. The first-order valence-corrected chi connectivity index (χ1v) is 16.5. The highest BCUT2D eigenvalue weighted by Gasteiger charge is 2.63. The zero-order valence-corrected chi connectivity index (χ0v) is 25.5. The monoisotopic (exact) mass is 569 g/mol. The average Bonchev–Trinajstić information content (AvgIpc) is 3.52. The van der Waals surface area contributed by atoms with Crippen molar-refractivity contribution in [3.05, 3.63) is 127 Å². The maximum absolute atomic E-state index is 2.87. The summed E-state index contributed by atoms with van der Waals surface area (Å²) in [4.78, 5) is 5.45. The molecule has 214 valence electrons. The molecule has 4 heteroatoms. The standard InChI is InChI=1S/C40H36BN3/c1-39-25-11-12-26-40(39,2)44-34-24-14-23-33-35(34)41(31-21-13-20-30(39)37(31)44)38-36(42(33)27-15-5-3-6-16-27)29-19-9-10-22-32(29)43(38)28-17-7-4-8-18-28/h3-10,13-20,22-24,31H,11-12,21,25-26H2,1-2H3. The fraction of sp³-hybridized carbons (Fsp3) is 0.250. The normalized spacial score (nSPS) is 26.0. The molecule has 2 aliphatic carbocycles. The third-order valence-corrected chi connectivity index (χ3v) is 12.1. The maximum atomic E-state index is 2.87. The molecule has 3 aliphatic heterocycles. The number of aromatic nitrogens is 1. The molecule has 0 amide bonds. The van der Waals surface area contributed by atoms with Crippen LogP contribution in [-0.2, 0) is 0 Å². The first-order chi connectivity index (χ1) is 21.6. The highest BCUT2D eigenvalue weighted by molar-refractivity contribution is 6.91. The van der Waals surface area contributed by atoms with Crippen molar-refractivity contribution in [3.8, 4) is 5.69 Å². The Morgan fingerprint density at radius 3 is 2.25 bits per heavy atom. The zero-order valence-electron chi connectivity index (χ0n) is 25.5. The number of benzene rings is 4. The van der Waals surface area contributed by atoms with Gasteiger partial charge in [-0.05, 0) is 85.5 Å². The molecule has 44 heavy (non-hydrogen) atoms. The molecule has 5 aliphatic rings. The summed E-state index contributed by atoms with van der Waals surface area (Å²) in [6, 6.07) is 38.4. The lowest BCUT2D eigenvalue weighted by molar-refractivity contribution is 0.153. The van der Waals surface area contributed by atoms with Crippen LogP contribution in [0.2, 0.25) is 5.82 Å². The van der Waals surface area contributed by atoms with Gasteiger partial charge in [-0.15, -0.1) is 0 Å². The largest absolute Gasteiger partial charge is 0.339 e. The molecule has 3 nitrogen and oxygen atoms in total. The lowest BCUT2D eigenvalue weighted by Crippen LogP contribution is -2.63. The van der Waals surface area contributed by atoms with Gasteiger partial charge in [-0.1, -0.05) is 92.6 Å². The third kappa shape index (κ3) is 2.86. The summed E-state index contributed by atoms with van der Waals surface area (Å²) < 4.78 is 2.60. The highest BCUT2D eigenvalue weighted by atomic mass is 15.3. The van der Waals surface area contributed by atoms with Gasteiger partial charge < -0.3 is 14.4 Å². The van der Waals surface area contributed by atoms with Gasteiger partial charge in [0.2, 0.25) is 6.71 Å². The number of hydrogen-bond donors (Lipinski definition) is 0. The molecular weight excluding hydrogens is 533 g/mol. The molecular formula is C40H36BN3. The Morgan fingerprint density at radius 1 is 0.727 bits per heavy atom. The van der Waals surface area contributed by atoms with E-state index >= 15 is 0 Å². The number of allylic oxidation sites excluding steroid dienone is 3. The summed E-state index contributed by atoms with van der Waals surface area (Å²) in [7, 11) is 0. The van der Waals surface area contributed by atoms with Crippen molar-refractivity contribution < 1.29 is 0 Å². The summed E-state index contributed by atoms with van der Waals surface area (Å²) in [6.07, 6.45) is 11.2. The maximum Gasteiger partial charge on any atom is 0.248 e. The number of fused-ring (bicyclic) bond motifs is 9. The topological polar surface area (TPSA) is 11.4 Å². The van der Waals surface area contributed by atoms with Gasteiger partial charge in [-0.3, -0.25) is 0 Å². The zero-order chi connectivity index (χ0) is 29.2. The molecule has 0 bridgehead atoms. The van der Waals surface area contributed by atoms with E-state index in [9.17, 15) is 0 Å². The van der Waals surface area contributed by atoms with E-state index < -0.39 is 0 Å². The molecule has 10 rings (SSSR count). The van der Waals surface area contributed by atoms with Crippen LogP contribution in [-0.4, -0.2) is 16.8 Å². The highest BCUT2D eigenvalue weighted by Crippen LogP contribution is 2.65. The van der Waals surface area contributed by atoms with Gasteiger partial charge in [0.15, 0.2) is 0 Å². The Labute approximate surface area is 260 Å². The molecule has 0 N–H and O–H groups in total. The number of para-hydroxylation sites is 3. The summed E-state index contributed by atoms with van der Waals surface area (Å²) >= 11 is 0. The molecule has 1 aromatic heterocycles. The summed E-state index contributed by atoms with van der Waals surface area (Å²) in [5.74, 6) is 0.395. The van der Waals surface area contributed by atoms with Crippen molar-refractivity contribution in [3.63, 3.8) is 0 Å². The van der Waals surface area contributed by atoms with E-state index in [1.54, 1.807) is 11.3 Å². The van der Waals surface area contributed by atoms with Crippen molar-refractivity contribution in [1.82, 2.24) is 4.57 Å². The van der Waals surface area contributed by atoms with Crippen LogP contribution in [0.5, 0.6) is 0 Å². The molecule has 3 unspecified atom stereocenters. The minimum atomic E-state index is 0.0763. The Hall–Kier alpha value is -4.44. The lowest BCUT2D eigenvalue weighted by Gasteiger charge is -2.54. The summed E-state index contributed by atoms with van der Waals surface area (Å²) in [5.41, 5.74) is 14.2. The molecule has 1 saturated carbocycles. The lowest BCUT2D eigenvalue weighted by atomic mass is 9.30. The quantitative estimate of drug-likeness (QED) is 0.197. The van der Waals surface area contributed by atoms with Crippen LogP contribution in [0.15, 0.2) is 127 Å². The van der Waals surface area contributed by atoms with Gasteiger partial charge in [0.25, 0.3) is 0 Å². The fourth-order valence-corrected chi connectivity index (χ4v) is 10.1. The van der Waals surface area contributed by atoms with E-state index in [-0.39, 0.29) is 17.7 Å². The molecule has 5 aromatic rings. The predicted octanol–water partition coefficient (Wildman–Crippen LogP) is 8.78. The smallest absolute Gasteiger partial charge is 0.248 e. The van der Waals surface area contributed by atoms with Crippen LogP contribution in [0.4, 0.5) is 22.7 Å². The second kappa shape index (κ2) is 8.60. The minimum absolute atomic E-state index is 0.0763. The van der Waals surface area contributed by atoms with Crippen molar-refractivity contribution >= 4 is 51.4 Å². The Morgan fingerprint density at radius 2 is 1.43 bits per heavy atom. The van der Waals surface area contributed by atoms with Gasteiger partial charge in [0, 0.05) is 44.8 Å². The van der Waals surface area contributed by atoms with Crippen molar-refractivity contribution in [2.45, 2.75) is 57.3 Å². The fourth-order valence-electron chi connectivity index (χ4n) is 10.1. The van der Waals surface area contributed by atoms with Gasteiger partial charge in [0.05, 0.1) is 16.7 Å². The van der Waals surface area contributed by atoms with E-state index in [1.807, 2.05) is 0 Å². The van der Waals surface area contributed by atoms with E-state index in [2.05, 4.69) is 143 Å². The van der Waals surface area contributed by atoms with Crippen LogP contribution >= 0.6 is 0 Å². The Kier molecular flexibility index (Phi) is 4.87. The summed E-state index contributed by atoms with van der Waals surface area (Å²) in [5, 5.41) is 1.31. The van der Waals surface area contributed by atoms with E-state index in [4.69, 9.17) is 0 Å². The number of rotatable bonds is 2. The van der Waals surface area contributed by atoms with Crippen LogP contribution in [0.25, 0.3) is 16.6 Å². The van der Waals surface area contributed by atoms with Crippen molar-refractivity contribution in [2.75, 3.05) is 9.80 Å². The van der Waals surface area contributed by atoms with E-state index in [0.29, 0.717) is 5.82 Å². The van der Waals surface area contributed by atoms with Crippen LogP contribution in [0, 0.1) is 5.41 Å². The van der Waals surface area contributed by atoms with Gasteiger partial charge >= 0.3 is 0 Å². The SMILES string of the molecule is CC12CCCCC1(C)N1C3=C2C=CCC3B2c3c(cccc31)N(c1ccccc1)c1c2n(-c2ccccc2)c2ccccc12. The van der Waals surface area contributed by atoms with Crippen LogP contribution in [0.3, 0.4) is 0 Å². The molecule has 3 atom stereocenters. The average molecular weight is 570 g/mol.